The number of hydrogen-bond acceptors (Lipinski definition) is 4. The molecule has 0 fully saturated rings. The van der Waals surface area contributed by atoms with E-state index in [1.807, 2.05) is 32.6 Å². The Bertz CT molecular complexity index is 501. The average molecular weight is 233 g/mol. The molecular weight excluding hydrogens is 218 g/mol. The first kappa shape index (κ1) is 11.6. The van der Waals surface area contributed by atoms with Gasteiger partial charge in [0, 0.05) is 25.4 Å². The van der Waals surface area contributed by atoms with Crippen molar-refractivity contribution in [3.63, 3.8) is 0 Å². The van der Waals surface area contributed by atoms with Crippen molar-refractivity contribution in [2.75, 3.05) is 7.05 Å². The van der Waals surface area contributed by atoms with E-state index in [1.54, 1.807) is 10.7 Å². The van der Waals surface area contributed by atoms with E-state index in [4.69, 9.17) is 4.42 Å². The normalized spacial score (nSPS) is 11.0. The van der Waals surface area contributed by atoms with Crippen molar-refractivity contribution in [3.05, 3.63) is 41.6 Å². The van der Waals surface area contributed by atoms with E-state index in [2.05, 4.69) is 10.00 Å². The van der Waals surface area contributed by atoms with E-state index >= 15 is 0 Å². The molecular formula is C12H15N3O2. The SMILES string of the molecule is CN(Cc1cnn(C)c1)Cc1ccc(C=O)o1. The molecule has 0 saturated carbocycles. The van der Waals surface area contributed by atoms with Gasteiger partial charge < -0.3 is 4.42 Å². The summed E-state index contributed by atoms with van der Waals surface area (Å²) in [6.07, 6.45) is 4.54. The molecule has 0 aliphatic rings. The molecule has 0 N–H and O–H groups in total. The van der Waals surface area contributed by atoms with E-state index in [0.29, 0.717) is 18.6 Å². The van der Waals surface area contributed by atoms with Crippen molar-refractivity contribution in [1.29, 1.82) is 0 Å². The van der Waals surface area contributed by atoms with Crippen molar-refractivity contribution in [2.45, 2.75) is 13.1 Å². The molecule has 0 atom stereocenters. The molecule has 2 rings (SSSR count). The van der Waals surface area contributed by atoms with Crippen LogP contribution in [0.5, 0.6) is 0 Å². The van der Waals surface area contributed by atoms with Gasteiger partial charge in [0.05, 0.1) is 12.7 Å². The molecule has 0 radical (unpaired) electrons. The molecule has 0 amide bonds. The fraction of sp³-hybridized carbons (Fsp3) is 0.333. The monoisotopic (exact) mass is 233 g/mol. The van der Waals surface area contributed by atoms with Crippen molar-refractivity contribution in [3.8, 4) is 0 Å². The largest absolute Gasteiger partial charge is 0.457 e. The highest BCUT2D eigenvalue weighted by Gasteiger charge is 2.06. The van der Waals surface area contributed by atoms with E-state index in [-0.39, 0.29) is 0 Å². The number of hydrogen-bond donors (Lipinski definition) is 0. The fourth-order valence-corrected chi connectivity index (χ4v) is 1.73. The van der Waals surface area contributed by atoms with Crippen LogP contribution in [0.2, 0.25) is 0 Å². The maximum Gasteiger partial charge on any atom is 0.185 e. The smallest absolute Gasteiger partial charge is 0.185 e. The van der Waals surface area contributed by atoms with Gasteiger partial charge in [-0.15, -0.1) is 0 Å². The van der Waals surface area contributed by atoms with E-state index in [1.165, 1.54) is 0 Å². The molecule has 0 spiro atoms. The van der Waals surface area contributed by atoms with Gasteiger partial charge in [0.2, 0.25) is 0 Å². The van der Waals surface area contributed by atoms with Gasteiger partial charge >= 0.3 is 0 Å². The Hall–Kier alpha value is -1.88. The molecule has 2 aromatic heterocycles. The number of aromatic nitrogens is 2. The first-order valence-electron chi connectivity index (χ1n) is 5.37. The van der Waals surface area contributed by atoms with E-state index in [0.717, 1.165) is 17.9 Å². The van der Waals surface area contributed by atoms with Crippen molar-refractivity contribution in [2.24, 2.45) is 7.05 Å². The van der Waals surface area contributed by atoms with Gasteiger partial charge in [0.1, 0.15) is 5.76 Å². The zero-order valence-corrected chi connectivity index (χ0v) is 9.96. The maximum atomic E-state index is 10.5. The van der Waals surface area contributed by atoms with Gasteiger partial charge in [-0.25, -0.2) is 0 Å². The van der Waals surface area contributed by atoms with Crippen LogP contribution in [0.4, 0.5) is 0 Å². The van der Waals surface area contributed by atoms with E-state index in [9.17, 15) is 4.79 Å². The number of furan rings is 1. The van der Waals surface area contributed by atoms with Gasteiger partial charge in [-0.3, -0.25) is 14.4 Å². The molecule has 5 nitrogen and oxygen atoms in total. The molecule has 0 aliphatic heterocycles. The lowest BCUT2D eigenvalue weighted by atomic mass is 10.3. The Kier molecular flexibility index (Phi) is 3.39. The highest BCUT2D eigenvalue weighted by atomic mass is 16.3. The van der Waals surface area contributed by atoms with Crippen LogP contribution in [0.1, 0.15) is 21.9 Å². The first-order valence-corrected chi connectivity index (χ1v) is 5.37. The molecule has 5 heteroatoms. The predicted octanol–water partition coefficient (Wildman–Crippen LogP) is 1.46. The standard InChI is InChI=1S/C12H15N3O2/c1-14(6-10-5-13-15(2)7-10)8-11-3-4-12(9-16)17-11/h3-5,7,9H,6,8H2,1-2H3. The number of aryl methyl sites for hydroxylation is 1. The predicted molar refractivity (Wildman–Crippen MR) is 62.5 cm³/mol. The van der Waals surface area contributed by atoms with Gasteiger partial charge in [-0.05, 0) is 19.2 Å². The lowest BCUT2D eigenvalue weighted by molar-refractivity contribution is 0.109. The summed E-state index contributed by atoms with van der Waals surface area (Å²) in [5.74, 6) is 1.16. The Morgan fingerprint density at radius 3 is 2.88 bits per heavy atom. The molecule has 0 bridgehead atoms. The summed E-state index contributed by atoms with van der Waals surface area (Å²) in [5.41, 5.74) is 1.15. The van der Waals surface area contributed by atoms with Crippen LogP contribution in [0.3, 0.4) is 0 Å². The molecule has 90 valence electrons. The summed E-state index contributed by atoms with van der Waals surface area (Å²) in [5, 5.41) is 4.11. The Balaban J connectivity index is 1.92. The zero-order valence-electron chi connectivity index (χ0n) is 9.96. The fourth-order valence-electron chi connectivity index (χ4n) is 1.73. The summed E-state index contributed by atoms with van der Waals surface area (Å²) < 4.78 is 7.09. The van der Waals surface area contributed by atoms with Crippen LogP contribution in [-0.4, -0.2) is 28.0 Å². The Morgan fingerprint density at radius 2 is 2.29 bits per heavy atom. The van der Waals surface area contributed by atoms with E-state index < -0.39 is 0 Å². The second kappa shape index (κ2) is 4.97. The van der Waals surface area contributed by atoms with Gasteiger partial charge in [-0.1, -0.05) is 0 Å². The van der Waals surface area contributed by atoms with Crippen LogP contribution in [0, 0.1) is 0 Å². The Morgan fingerprint density at radius 1 is 1.47 bits per heavy atom. The second-order valence-corrected chi connectivity index (χ2v) is 4.12. The number of nitrogens with zero attached hydrogens (tertiary/aromatic N) is 3. The molecule has 0 aromatic carbocycles. The highest BCUT2D eigenvalue weighted by Crippen LogP contribution is 2.10. The van der Waals surface area contributed by atoms with Crippen molar-refractivity contribution >= 4 is 6.29 Å². The first-order chi connectivity index (χ1) is 8.17. The summed E-state index contributed by atoms with van der Waals surface area (Å²) >= 11 is 0. The molecule has 0 unspecified atom stereocenters. The second-order valence-electron chi connectivity index (χ2n) is 4.12. The lowest BCUT2D eigenvalue weighted by Crippen LogP contribution is -2.16. The molecule has 2 heterocycles. The van der Waals surface area contributed by atoms with Crippen molar-refractivity contribution < 1.29 is 9.21 Å². The maximum absolute atomic E-state index is 10.5. The topological polar surface area (TPSA) is 51.3 Å². The average Bonchev–Trinajstić information content (AvgIpc) is 2.88. The van der Waals surface area contributed by atoms with Gasteiger partial charge in [-0.2, -0.15) is 5.10 Å². The number of aldehydes is 1. The summed E-state index contributed by atoms with van der Waals surface area (Å²) in [6, 6.07) is 3.50. The minimum Gasteiger partial charge on any atom is -0.457 e. The molecule has 2 aromatic rings. The van der Waals surface area contributed by atoms with Gasteiger partial charge in [0.25, 0.3) is 0 Å². The van der Waals surface area contributed by atoms with Crippen molar-refractivity contribution in [1.82, 2.24) is 14.7 Å². The quantitative estimate of drug-likeness (QED) is 0.734. The number of carbonyl (C=O) groups excluding carboxylic acids is 1. The third-order valence-corrected chi connectivity index (χ3v) is 2.44. The summed E-state index contributed by atoms with van der Waals surface area (Å²) in [7, 11) is 3.89. The zero-order chi connectivity index (χ0) is 12.3. The van der Waals surface area contributed by atoms with Crippen LogP contribution in [0.25, 0.3) is 0 Å². The Labute approximate surface area is 99.6 Å². The third-order valence-electron chi connectivity index (χ3n) is 2.44. The van der Waals surface area contributed by atoms with Crippen LogP contribution in [0.15, 0.2) is 28.9 Å². The van der Waals surface area contributed by atoms with Crippen LogP contribution in [-0.2, 0) is 20.1 Å². The molecule has 17 heavy (non-hydrogen) atoms. The van der Waals surface area contributed by atoms with Gasteiger partial charge in [0.15, 0.2) is 12.0 Å². The minimum absolute atomic E-state index is 0.370. The molecule has 0 saturated heterocycles. The number of rotatable bonds is 5. The summed E-state index contributed by atoms with van der Waals surface area (Å²) in [4.78, 5) is 12.6. The molecule has 0 aliphatic carbocycles. The number of carbonyl (C=O) groups is 1. The highest BCUT2D eigenvalue weighted by molar-refractivity contribution is 5.70. The minimum atomic E-state index is 0.370. The lowest BCUT2D eigenvalue weighted by Gasteiger charge is -2.13. The summed E-state index contributed by atoms with van der Waals surface area (Å²) in [6.45, 7) is 1.47. The third kappa shape index (κ3) is 3.04. The van der Waals surface area contributed by atoms with Crippen LogP contribution < -0.4 is 0 Å². The van der Waals surface area contributed by atoms with Crippen LogP contribution >= 0.6 is 0 Å².